The molecule has 0 fully saturated rings. The monoisotopic (exact) mass is 255 g/mol. The molecule has 0 bridgehead atoms. The topological polar surface area (TPSA) is 59.6 Å². The van der Waals surface area contributed by atoms with Crippen molar-refractivity contribution in [1.29, 1.82) is 0 Å². The summed E-state index contributed by atoms with van der Waals surface area (Å²) < 4.78 is 18.5. The lowest BCUT2D eigenvalue weighted by atomic mass is 10.2. The van der Waals surface area contributed by atoms with Gasteiger partial charge in [0.05, 0.1) is 12.8 Å². The first kappa shape index (κ1) is 13.4. The second-order valence-corrected chi connectivity index (χ2v) is 3.70. The molecule has 0 heterocycles. The van der Waals surface area contributed by atoms with E-state index in [1.807, 2.05) is 6.92 Å². The van der Waals surface area contributed by atoms with Crippen molar-refractivity contribution in [1.82, 2.24) is 5.43 Å². The fourth-order valence-electron chi connectivity index (χ4n) is 1.13. The van der Waals surface area contributed by atoms with Gasteiger partial charge in [0, 0.05) is 5.56 Å². The fourth-order valence-corrected chi connectivity index (χ4v) is 1.18. The van der Waals surface area contributed by atoms with Crippen LogP contribution in [0.2, 0.25) is 0 Å². The molecule has 1 aromatic rings. The van der Waals surface area contributed by atoms with Gasteiger partial charge in [0.25, 0.3) is 0 Å². The predicted molar refractivity (Wildman–Crippen MR) is 69.7 cm³/mol. The van der Waals surface area contributed by atoms with E-state index < -0.39 is 0 Å². The largest absolute Gasteiger partial charge is 0.493 e. The summed E-state index contributed by atoms with van der Waals surface area (Å²) in [5.74, 6) is 0.215. The first-order valence-electron chi connectivity index (χ1n) is 5.14. The van der Waals surface area contributed by atoms with Crippen molar-refractivity contribution >= 4 is 23.5 Å². The SMILES string of the molecule is CCCOc1ccc(F)cc1C=NNC(N)=S. The number of rotatable bonds is 5. The van der Waals surface area contributed by atoms with Gasteiger partial charge in [0.15, 0.2) is 5.11 Å². The molecule has 1 rings (SSSR count). The van der Waals surface area contributed by atoms with Gasteiger partial charge in [-0.2, -0.15) is 5.10 Å². The van der Waals surface area contributed by atoms with E-state index in [9.17, 15) is 4.39 Å². The van der Waals surface area contributed by atoms with Crippen LogP contribution in [0.25, 0.3) is 0 Å². The summed E-state index contributed by atoms with van der Waals surface area (Å²) in [5.41, 5.74) is 8.13. The number of nitrogens with zero attached hydrogens (tertiary/aromatic N) is 1. The first-order chi connectivity index (χ1) is 8.13. The Balaban J connectivity index is 2.82. The molecule has 0 unspecified atom stereocenters. The summed E-state index contributed by atoms with van der Waals surface area (Å²) >= 11 is 4.59. The van der Waals surface area contributed by atoms with Crippen LogP contribution >= 0.6 is 12.2 Å². The van der Waals surface area contributed by atoms with Crippen LogP contribution in [0, 0.1) is 5.82 Å². The number of nitrogens with one attached hydrogen (secondary N) is 1. The molecule has 0 saturated heterocycles. The number of hydrogen-bond donors (Lipinski definition) is 2. The van der Waals surface area contributed by atoms with Crippen LogP contribution in [-0.2, 0) is 0 Å². The standard InChI is InChI=1S/C11H14FN3OS/c1-2-5-16-10-4-3-9(12)6-8(10)7-14-15-11(13)17/h3-4,6-7H,2,5H2,1H3,(H3,13,15,17). The van der Waals surface area contributed by atoms with Crippen LogP contribution in [0.5, 0.6) is 5.75 Å². The van der Waals surface area contributed by atoms with Gasteiger partial charge in [-0.05, 0) is 36.8 Å². The van der Waals surface area contributed by atoms with E-state index in [-0.39, 0.29) is 10.9 Å². The highest BCUT2D eigenvalue weighted by molar-refractivity contribution is 7.80. The van der Waals surface area contributed by atoms with Gasteiger partial charge < -0.3 is 10.5 Å². The molecule has 0 aliphatic heterocycles. The average molecular weight is 255 g/mol. The van der Waals surface area contributed by atoms with Gasteiger partial charge in [-0.15, -0.1) is 0 Å². The molecular weight excluding hydrogens is 241 g/mol. The molecule has 0 spiro atoms. The maximum absolute atomic E-state index is 13.1. The highest BCUT2D eigenvalue weighted by Gasteiger charge is 2.03. The lowest BCUT2D eigenvalue weighted by Crippen LogP contribution is -2.24. The minimum atomic E-state index is -0.356. The van der Waals surface area contributed by atoms with Gasteiger partial charge in [0.2, 0.25) is 0 Å². The van der Waals surface area contributed by atoms with Crippen LogP contribution in [0.3, 0.4) is 0 Å². The van der Waals surface area contributed by atoms with Gasteiger partial charge >= 0.3 is 0 Å². The number of halogens is 1. The number of hydrogen-bond acceptors (Lipinski definition) is 3. The molecule has 92 valence electrons. The zero-order chi connectivity index (χ0) is 12.7. The van der Waals surface area contributed by atoms with Gasteiger partial charge in [-0.1, -0.05) is 6.92 Å². The third-order valence-electron chi connectivity index (χ3n) is 1.81. The minimum Gasteiger partial charge on any atom is -0.493 e. The maximum Gasteiger partial charge on any atom is 0.184 e. The molecule has 0 aromatic heterocycles. The van der Waals surface area contributed by atoms with E-state index in [0.717, 1.165) is 6.42 Å². The Morgan fingerprint density at radius 1 is 1.65 bits per heavy atom. The summed E-state index contributed by atoms with van der Waals surface area (Å²) in [7, 11) is 0. The maximum atomic E-state index is 13.1. The Kier molecular flexibility index (Phi) is 5.35. The average Bonchev–Trinajstić information content (AvgIpc) is 2.27. The normalized spacial score (nSPS) is 10.5. The van der Waals surface area contributed by atoms with E-state index in [0.29, 0.717) is 17.9 Å². The Morgan fingerprint density at radius 3 is 3.06 bits per heavy atom. The Labute approximate surface area is 105 Å². The summed E-state index contributed by atoms with van der Waals surface area (Å²) in [6.07, 6.45) is 2.28. The van der Waals surface area contributed by atoms with Crippen LogP contribution in [0.15, 0.2) is 23.3 Å². The highest BCUT2D eigenvalue weighted by atomic mass is 32.1. The van der Waals surface area contributed by atoms with Gasteiger partial charge in [-0.25, -0.2) is 4.39 Å². The zero-order valence-electron chi connectivity index (χ0n) is 9.44. The fraction of sp³-hybridized carbons (Fsp3) is 0.273. The summed E-state index contributed by atoms with van der Waals surface area (Å²) in [6, 6.07) is 4.23. The van der Waals surface area contributed by atoms with Crippen molar-refractivity contribution in [2.45, 2.75) is 13.3 Å². The van der Waals surface area contributed by atoms with Gasteiger partial charge in [0.1, 0.15) is 11.6 Å². The van der Waals surface area contributed by atoms with Crippen molar-refractivity contribution in [2.24, 2.45) is 10.8 Å². The molecule has 0 amide bonds. The molecule has 0 aliphatic carbocycles. The van der Waals surface area contributed by atoms with Crippen molar-refractivity contribution in [3.63, 3.8) is 0 Å². The molecule has 17 heavy (non-hydrogen) atoms. The number of ether oxygens (including phenoxy) is 1. The number of hydrazone groups is 1. The van der Waals surface area contributed by atoms with E-state index in [4.69, 9.17) is 10.5 Å². The van der Waals surface area contributed by atoms with E-state index in [1.165, 1.54) is 18.3 Å². The lowest BCUT2D eigenvalue weighted by molar-refractivity contribution is 0.316. The quantitative estimate of drug-likeness (QED) is 0.478. The Hall–Kier alpha value is -1.69. The summed E-state index contributed by atoms with van der Waals surface area (Å²) in [6.45, 7) is 2.56. The third kappa shape index (κ3) is 4.78. The smallest absolute Gasteiger partial charge is 0.184 e. The second-order valence-electron chi connectivity index (χ2n) is 3.26. The summed E-state index contributed by atoms with van der Waals surface area (Å²) in [4.78, 5) is 0. The van der Waals surface area contributed by atoms with Crippen molar-refractivity contribution in [2.75, 3.05) is 6.61 Å². The van der Waals surface area contributed by atoms with E-state index in [2.05, 4.69) is 22.7 Å². The molecule has 0 saturated carbocycles. The number of benzene rings is 1. The van der Waals surface area contributed by atoms with Crippen molar-refractivity contribution in [3.05, 3.63) is 29.6 Å². The lowest BCUT2D eigenvalue weighted by Gasteiger charge is -2.07. The number of nitrogens with two attached hydrogens (primary N) is 1. The molecule has 0 atom stereocenters. The first-order valence-corrected chi connectivity index (χ1v) is 5.55. The summed E-state index contributed by atoms with van der Waals surface area (Å²) in [5, 5.41) is 3.81. The predicted octanol–water partition coefficient (Wildman–Crippen LogP) is 1.78. The molecule has 6 heteroatoms. The van der Waals surface area contributed by atoms with E-state index in [1.54, 1.807) is 6.07 Å². The van der Waals surface area contributed by atoms with Crippen LogP contribution in [0.4, 0.5) is 4.39 Å². The molecule has 1 aromatic carbocycles. The van der Waals surface area contributed by atoms with Crippen molar-refractivity contribution < 1.29 is 9.13 Å². The molecular formula is C11H14FN3OS. The highest BCUT2D eigenvalue weighted by Crippen LogP contribution is 2.18. The molecule has 0 radical (unpaired) electrons. The molecule has 3 N–H and O–H groups in total. The second kappa shape index (κ2) is 6.80. The third-order valence-corrected chi connectivity index (χ3v) is 1.90. The molecule has 0 aliphatic rings. The van der Waals surface area contributed by atoms with E-state index >= 15 is 0 Å². The van der Waals surface area contributed by atoms with Crippen LogP contribution < -0.4 is 15.9 Å². The molecule has 4 nitrogen and oxygen atoms in total. The Bertz CT molecular complexity index is 423. The van der Waals surface area contributed by atoms with Crippen LogP contribution in [-0.4, -0.2) is 17.9 Å². The Morgan fingerprint density at radius 2 is 2.41 bits per heavy atom. The van der Waals surface area contributed by atoms with Gasteiger partial charge in [-0.3, -0.25) is 5.43 Å². The minimum absolute atomic E-state index is 0.0497. The number of thiocarbonyl (C=S) groups is 1. The van der Waals surface area contributed by atoms with Crippen LogP contribution in [0.1, 0.15) is 18.9 Å². The zero-order valence-corrected chi connectivity index (χ0v) is 10.3. The van der Waals surface area contributed by atoms with Crippen molar-refractivity contribution in [3.8, 4) is 5.75 Å².